The standard InChI is InChI=1S/C24H23N5O/c30-24(29-18-8-9-18)20-7-3-12-26-23(20)27-13-10-16-4-1-5-17(14-16)21-15-28-22-19(21)6-2-11-25-22/h1-7,11-12,14-15,18H,8-10,13H2,(H,25,28)(H,26,27)(H,29,30). The molecule has 6 heteroatoms. The Hall–Kier alpha value is -3.67. The van der Waals surface area contributed by atoms with Gasteiger partial charge in [0.1, 0.15) is 11.5 Å². The number of hydrogen-bond acceptors (Lipinski definition) is 4. The fraction of sp³-hybridized carbons (Fsp3) is 0.208. The first-order valence-electron chi connectivity index (χ1n) is 10.3. The quantitative estimate of drug-likeness (QED) is 0.437. The molecule has 0 unspecified atom stereocenters. The van der Waals surface area contributed by atoms with Gasteiger partial charge in [-0.1, -0.05) is 24.3 Å². The molecule has 4 aromatic rings. The van der Waals surface area contributed by atoms with Gasteiger partial charge in [-0.25, -0.2) is 9.97 Å². The van der Waals surface area contributed by atoms with Gasteiger partial charge in [0, 0.05) is 42.1 Å². The van der Waals surface area contributed by atoms with Crippen molar-refractivity contribution in [1.29, 1.82) is 0 Å². The molecule has 5 rings (SSSR count). The van der Waals surface area contributed by atoms with Gasteiger partial charge in [0.05, 0.1) is 5.56 Å². The lowest BCUT2D eigenvalue weighted by molar-refractivity contribution is 0.0951. The van der Waals surface area contributed by atoms with Crippen molar-refractivity contribution >= 4 is 22.8 Å². The summed E-state index contributed by atoms with van der Waals surface area (Å²) < 4.78 is 0. The van der Waals surface area contributed by atoms with E-state index < -0.39 is 0 Å². The van der Waals surface area contributed by atoms with Crippen molar-refractivity contribution in [3.05, 3.63) is 78.2 Å². The average Bonchev–Trinajstić information content (AvgIpc) is 3.49. The molecule has 0 saturated heterocycles. The lowest BCUT2D eigenvalue weighted by Crippen LogP contribution is -2.26. The number of amides is 1. The number of carbonyl (C=O) groups is 1. The van der Waals surface area contributed by atoms with Crippen LogP contribution in [0.2, 0.25) is 0 Å². The maximum atomic E-state index is 12.4. The Morgan fingerprint density at radius 3 is 2.83 bits per heavy atom. The fourth-order valence-corrected chi connectivity index (χ4v) is 3.63. The minimum Gasteiger partial charge on any atom is -0.369 e. The predicted molar refractivity (Wildman–Crippen MR) is 118 cm³/mol. The molecule has 0 spiro atoms. The SMILES string of the molecule is O=C(NC1CC1)c1cccnc1NCCc1cccc(-c2c[nH]c3ncccc23)c1. The molecule has 1 aliphatic rings. The van der Waals surface area contributed by atoms with Crippen LogP contribution in [-0.2, 0) is 6.42 Å². The van der Waals surface area contributed by atoms with Gasteiger partial charge in [-0.05, 0) is 54.7 Å². The highest BCUT2D eigenvalue weighted by atomic mass is 16.1. The third-order valence-electron chi connectivity index (χ3n) is 5.36. The van der Waals surface area contributed by atoms with Gasteiger partial charge < -0.3 is 15.6 Å². The van der Waals surface area contributed by atoms with Crippen molar-refractivity contribution in [1.82, 2.24) is 20.3 Å². The number of nitrogens with one attached hydrogen (secondary N) is 3. The Bertz CT molecular complexity index is 1190. The lowest BCUT2D eigenvalue weighted by atomic mass is 10.0. The summed E-state index contributed by atoms with van der Waals surface area (Å²) in [6, 6.07) is 16.5. The molecule has 150 valence electrons. The van der Waals surface area contributed by atoms with Crippen LogP contribution in [0, 0.1) is 0 Å². The van der Waals surface area contributed by atoms with Crippen LogP contribution in [0.4, 0.5) is 5.82 Å². The summed E-state index contributed by atoms with van der Waals surface area (Å²) >= 11 is 0. The summed E-state index contributed by atoms with van der Waals surface area (Å²) in [5, 5.41) is 7.48. The van der Waals surface area contributed by atoms with E-state index in [-0.39, 0.29) is 5.91 Å². The molecular formula is C24H23N5O. The molecule has 0 radical (unpaired) electrons. The summed E-state index contributed by atoms with van der Waals surface area (Å²) in [4.78, 5) is 24.4. The molecule has 1 aliphatic carbocycles. The van der Waals surface area contributed by atoms with E-state index in [1.165, 1.54) is 5.56 Å². The number of H-pyrrole nitrogens is 1. The number of pyridine rings is 2. The van der Waals surface area contributed by atoms with Gasteiger partial charge in [0.25, 0.3) is 5.91 Å². The minimum atomic E-state index is -0.0527. The maximum Gasteiger partial charge on any atom is 0.255 e. The van der Waals surface area contributed by atoms with Gasteiger partial charge in [0.2, 0.25) is 0 Å². The zero-order valence-corrected chi connectivity index (χ0v) is 16.6. The number of aromatic nitrogens is 3. The Balaban J connectivity index is 1.28. The molecule has 1 fully saturated rings. The Labute approximate surface area is 174 Å². The number of aromatic amines is 1. The van der Waals surface area contributed by atoms with E-state index in [4.69, 9.17) is 0 Å². The Kier molecular flexibility index (Phi) is 4.89. The second kappa shape index (κ2) is 7.99. The maximum absolute atomic E-state index is 12.4. The highest BCUT2D eigenvalue weighted by Crippen LogP contribution is 2.28. The first-order valence-corrected chi connectivity index (χ1v) is 10.3. The molecule has 3 aromatic heterocycles. The Morgan fingerprint density at radius 2 is 1.93 bits per heavy atom. The third-order valence-corrected chi connectivity index (χ3v) is 5.36. The molecule has 0 atom stereocenters. The number of carbonyl (C=O) groups excluding carboxylic acids is 1. The van der Waals surface area contributed by atoms with Gasteiger partial charge >= 0.3 is 0 Å². The molecule has 1 saturated carbocycles. The molecule has 1 amide bonds. The highest BCUT2D eigenvalue weighted by molar-refractivity contribution is 5.99. The molecule has 30 heavy (non-hydrogen) atoms. The zero-order chi connectivity index (χ0) is 20.3. The third kappa shape index (κ3) is 3.89. The summed E-state index contributed by atoms with van der Waals surface area (Å²) in [5.41, 5.74) is 5.03. The summed E-state index contributed by atoms with van der Waals surface area (Å²) in [5.74, 6) is 0.581. The molecule has 3 N–H and O–H groups in total. The summed E-state index contributed by atoms with van der Waals surface area (Å²) in [7, 11) is 0. The second-order valence-corrected chi connectivity index (χ2v) is 7.63. The van der Waals surface area contributed by atoms with E-state index in [0.717, 1.165) is 41.4 Å². The first-order chi connectivity index (χ1) is 14.8. The second-order valence-electron chi connectivity index (χ2n) is 7.63. The van der Waals surface area contributed by atoms with Gasteiger partial charge in [0.15, 0.2) is 0 Å². The monoisotopic (exact) mass is 397 g/mol. The van der Waals surface area contributed by atoms with E-state index in [9.17, 15) is 4.79 Å². The van der Waals surface area contributed by atoms with E-state index in [2.05, 4.69) is 55.9 Å². The van der Waals surface area contributed by atoms with Crippen molar-refractivity contribution in [2.45, 2.75) is 25.3 Å². The van der Waals surface area contributed by atoms with Crippen molar-refractivity contribution in [2.24, 2.45) is 0 Å². The number of hydrogen-bond donors (Lipinski definition) is 3. The van der Waals surface area contributed by atoms with Gasteiger partial charge in [-0.3, -0.25) is 4.79 Å². The van der Waals surface area contributed by atoms with Crippen LogP contribution in [0.5, 0.6) is 0 Å². The first kappa shape index (κ1) is 18.4. The van der Waals surface area contributed by atoms with Gasteiger partial charge in [-0.2, -0.15) is 0 Å². The fourth-order valence-electron chi connectivity index (χ4n) is 3.63. The summed E-state index contributed by atoms with van der Waals surface area (Å²) in [6.45, 7) is 0.694. The zero-order valence-electron chi connectivity index (χ0n) is 16.6. The van der Waals surface area contributed by atoms with E-state index >= 15 is 0 Å². The predicted octanol–water partition coefficient (Wildman–Crippen LogP) is 4.17. The van der Waals surface area contributed by atoms with Crippen molar-refractivity contribution < 1.29 is 4.79 Å². The molecule has 1 aromatic carbocycles. The van der Waals surface area contributed by atoms with Gasteiger partial charge in [-0.15, -0.1) is 0 Å². The highest BCUT2D eigenvalue weighted by Gasteiger charge is 2.25. The normalized spacial score (nSPS) is 13.3. The molecule has 0 aliphatic heterocycles. The summed E-state index contributed by atoms with van der Waals surface area (Å²) in [6.07, 6.45) is 8.47. The van der Waals surface area contributed by atoms with Crippen LogP contribution in [-0.4, -0.2) is 33.4 Å². The van der Waals surface area contributed by atoms with E-state index in [1.807, 2.05) is 18.3 Å². The largest absolute Gasteiger partial charge is 0.369 e. The van der Waals surface area contributed by atoms with Crippen LogP contribution < -0.4 is 10.6 Å². The molecule has 3 heterocycles. The van der Waals surface area contributed by atoms with Crippen molar-refractivity contribution in [3.63, 3.8) is 0 Å². The number of fused-ring (bicyclic) bond motifs is 1. The van der Waals surface area contributed by atoms with Crippen LogP contribution in [0.15, 0.2) is 67.1 Å². The smallest absolute Gasteiger partial charge is 0.255 e. The number of anilines is 1. The lowest BCUT2D eigenvalue weighted by Gasteiger charge is -2.11. The minimum absolute atomic E-state index is 0.0527. The number of benzene rings is 1. The molecule has 0 bridgehead atoms. The van der Waals surface area contributed by atoms with Crippen LogP contribution in [0.3, 0.4) is 0 Å². The van der Waals surface area contributed by atoms with E-state index in [1.54, 1.807) is 18.5 Å². The van der Waals surface area contributed by atoms with Crippen LogP contribution >= 0.6 is 0 Å². The van der Waals surface area contributed by atoms with E-state index in [0.29, 0.717) is 24.0 Å². The number of nitrogens with zero attached hydrogens (tertiary/aromatic N) is 2. The number of rotatable bonds is 7. The molecule has 6 nitrogen and oxygen atoms in total. The van der Waals surface area contributed by atoms with Crippen LogP contribution in [0.1, 0.15) is 28.8 Å². The molecular weight excluding hydrogens is 374 g/mol. The van der Waals surface area contributed by atoms with Crippen LogP contribution in [0.25, 0.3) is 22.2 Å². The Morgan fingerprint density at radius 1 is 1.07 bits per heavy atom. The van der Waals surface area contributed by atoms with Crippen molar-refractivity contribution in [3.8, 4) is 11.1 Å². The average molecular weight is 397 g/mol. The van der Waals surface area contributed by atoms with Crippen molar-refractivity contribution in [2.75, 3.05) is 11.9 Å². The topological polar surface area (TPSA) is 82.7 Å².